The van der Waals surface area contributed by atoms with Crippen LogP contribution in [0.15, 0.2) is 4.47 Å². The number of aryl methyl sites for hydroxylation is 2. The summed E-state index contributed by atoms with van der Waals surface area (Å²) in [4.78, 5) is 0. The van der Waals surface area contributed by atoms with Crippen LogP contribution in [-0.2, 0) is 24.2 Å². The first kappa shape index (κ1) is 15.0. The molecule has 1 aliphatic heterocycles. The average molecular weight is 330 g/mol. The van der Waals surface area contributed by atoms with Gasteiger partial charge in [0, 0.05) is 26.3 Å². The van der Waals surface area contributed by atoms with E-state index in [1.54, 1.807) is 0 Å². The minimum Gasteiger partial charge on any atom is -0.381 e. The Balaban J connectivity index is 1.82. The van der Waals surface area contributed by atoms with Crippen molar-refractivity contribution < 1.29 is 4.74 Å². The van der Waals surface area contributed by atoms with Gasteiger partial charge in [0.2, 0.25) is 0 Å². The second-order valence-corrected chi connectivity index (χ2v) is 5.86. The molecule has 2 heterocycles. The van der Waals surface area contributed by atoms with E-state index in [2.05, 4.69) is 44.9 Å². The van der Waals surface area contributed by atoms with Gasteiger partial charge in [-0.15, -0.1) is 0 Å². The van der Waals surface area contributed by atoms with Crippen molar-refractivity contribution in [2.75, 3.05) is 19.8 Å². The third-order valence-corrected chi connectivity index (χ3v) is 4.66. The molecule has 5 heteroatoms. The van der Waals surface area contributed by atoms with E-state index in [0.717, 1.165) is 50.9 Å². The molecule has 1 N–H and O–H groups in total. The SMILES string of the molecule is CCc1nn(CC)c(CNCCC2CCOC2)c1Br. The summed E-state index contributed by atoms with van der Waals surface area (Å²) in [6, 6.07) is 0. The lowest BCUT2D eigenvalue weighted by molar-refractivity contribution is 0.184. The fourth-order valence-corrected chi connectivity index (χ4v) is 3.21. The van der Waals surface area contributed by atoms with Crippen LogP contribution >= 0.6 is 15.9 Å². The van der Waals surface area contributed by atoms with Gasteiger partial charge in [0.1, 0.15) is 0 Å². The Morgan fingerprint density at radius 2 is 2.32 bits per heavy atom. The Labute approximate surface area is 124 Å². The predicted octanol–water partition coefficient (Wildman–Crippen LogP) is 2.74. The zero-order chi connectivity index (χ0) is 13.7. The number of halogens is 1. The summed E-state index contributed by atoms with van der Waals surface area (Å²) in [5.74, 6) is 0.748. The Hall–Kier alpha value is -0.390. The third-order valence-electron chi connectivity index (χ3n) is 3.74. The minimum absolute atomic E-state index is 0.748. The highest BCUT2D eigenvalue weighted by Crippen LogP contribution is 2.22. The molecule has 4 nitrogen and oxygen atoms in total. The summed E-state index contributed by atoms with van der Waals surface area (Å²) in [5, 5.41) is 8.15. The molecule has 1 saturated heterocycles. The van der Waals surface area contributed by atoms with Crippen molar-refractivity contribution >= 4 is 15.9 Å². The molecule has 0 saturated carbocycles. The zero-order valence-electron chi connectivity index (χ0n) is 11.9. The van der Waals surface area contributed by atoms with Gasteiger partial charge in [-0.25, -0.2) is 0 Å². The fraction of sp³-hybridized carbons (Fsp3) is 0.786. The van der Waals surface area contributed by atoms with E-state index in [0.29, 0.717) is 0 Å². The quantitative estimate of drug-likeness (QED) is 0.782. The standard InChI is InChI=1S/C14H24BrN3O/c1-3-12-14(15)13(18(4-2)17-12)9-16-7-5-11-6-8-19-10-11/h11,16H,3-10H2,1-2H3. The number of nitrogens with zero attached hydrogens (tertiary/aromatic N) is 2. The first-order chi connectivity index (χ1) is 9.26. The molecular weight excluding hydrogens is 306 g/mol. The molecule has 2 rings (SSSR count). The second kappa shape index (κ2) is 7.41. The van der Waals surface area contributed by atoms with Crippen molar-refractivity contribution in [1.82, 2.24) is 15.1 Å². The highest BCUT2D eigenvalue weighted by molar-refractivity contribution is 9.10. The number of nitrogens with one attached hydrogen (secondary N) is 1. The molecule has 1 aromatic rings. The van der Waals surface area contributed by atoms with E-state index in [1.807, 2.05) is 0 Å². The lowest BCUT2D eigenvalue weighted by Crippen LogP contribution is -2.20. The maximum absolute atomic E-state index is 5.40. The van der Waals surface area contributed by atoms with E-state index in [1.165, 1.54) is 23.0 Å². The molecule has 0 spiro atoms. The summed E-state index contributed by atoms with van der Waals surface area (Å²) in [7, 11) is 0. The van der Waals surface area contributed by atoms with Crippen molar-refractivity contribution in [3.63, 3.8) is 0 Å². The third kappa shape index (κ3) is 3.80. The Morgan fingerprint density at radius 3 is 2.95 bits per heavy atom. The summed E-state index contributed by atoms with van der Waals surface area (Å²) in [5.41, 5.74) is 2.42. The van der Waals surface area contributed by atoms with Crippen LogP contribution in [0.4, 0.5) is 0 Å². The molecule has 1 fully saturated rings. The van der Waals surface area contributed by atoms with Crippen LogP contribution in [0.1, 0.15) is 38.1 Å². The maximum Gasteiger partial charge on any atom is 0.0767 e. The Kier molecular flexibility index (Phi) is 5.85. The molecule has 19 heavy (non-hydrogen) atoms. The van der Waals surface area contributed by atoms with Gasteiger partial charge >= 0.3 is 0 Å². The van der Waals surface area contributed by atoms with E-state index in [9.17, 15) is 0 Å². The molecule has 1 aromatic heterocycles. The Bertz CT molecular complexity index is 400. The lowest BCUT2D eigenvalue weighted by atomic mass is 10.1. The van der Waals surface area contributed by atoms with Crippen LogP contribution in [0.2, 0.25) is 0 Å². The smallest absolute Gasteiger partial charge is 0.0767 e. The summed E-state index contributed by atoms with van der Waals surface area (Å²) in [6.45, 7) is 9.03. The first-order valence-corrected chi connectivity index (χ1v) is 8.08. The number of hydrogen-bond acceptors (Lipinski definition) is 3. The molecule has 1 unspecified atom stereocenters. The summed E-state index contributed by atoms with van der Waals surface area (Å²) >= 11 is 3.68. The van der Waals surface area contributed by atoms with Crippen LogP contribution in [0, 0.1) is 5.92 Å². The monoisotopic (exact) mass is 329 g/mol. The number of aromatic nitrogens is 2. The topological polar surface area (TPSA) is 39.1 Å². The van der Waals surface area contributed by atoms with Gasteiger partial charge in [0.15, 0.2) is 0 Å². The molecule has 0 aliphatic carbocycles. The summed E-state index contributed by atoms with van der Waals surface area (Å²) in [6.07, 6.45) is 3.40. The minimum atomic E-state index is 0.748. The Morgan fingerprint density at radius 1 is 1.47 bits per heavy atom. The molecule has 1 aliphatic rings. The van der Waals surface area contributed by atoms with E-state index in [4.69, 9.17) is 4.74 Å². The van der Waals surface area contributed by atoms with Crippen LogP contribution in [0.5, 0.6) is 0 Å². The van der Waals surface area contributed by atoms with Gasteiger partial charge in [-0.2, -0.15) is 5.10 Å². The highest BCUT2D eigenvalue weighted by atomic mass is 79.9. The van der Waals surface area contributed by atoms with Gasteiger partial charge in [-0.05, 0) is 54.6 Å². The van der Waals surface area contributed by atoms with Gasteiger partial charge < -0.3 is 10.1 Å². The van der Waals surface area contributed by atoms with E-state index in [-0.39, 0.29) is 0 Å². The van der Waals surface area contributed by atoms with Crippen LogP contribution in [-0.4, -0.2) is 29.5 Å². The zero-order valence-corrected chi connectivity index (χ0v) is 13.5. The van der Waals surface area contributed by atoms with Crippen molar-refractivity contribution in [3.05, 3.63) is 15.9 Å². The van der Waals surface area contributed by atoms with Crippen LogP contribution in [0.25, 0.3) is 0 Å². The van der Waals surface area contributed by atoms with Crippen molar-refractivity contribution in [1.29, 1.82) is 0 Å². The van der Waals surface area contributed by atoms with Gasteiger partial charge in [-0.3, -0.25) is 4.68 Å². The maximum atomic E-state index is 5.40. The molecule has 108 valence electrons. The van der Waals surface area contributed by atoms with Gasteiger partial charge in [0.25, 0.3) is 0 Å². The second-order valence-electron chi connectivity index (χ2n) is 5.07. The first-order valence-electron chi connectivity index (χ1n) is 7.28. The lowest BCUT2D eigenvalue weighted by Gasteiger charge is -2.10. The largest absolute Gasteiger partial charge is 0.381 e. The molecular formula is C14H24BrN3O. The van der Waals surface area contributed by atoms with E-state index < -0.39 is 0 Å². The molecule has 0 amide bonds. The predicted molar refractivity (Wildman–Crippen MR) is 80.2 cm³/mol. The van der Waals surface area contributed by atoms with Crippen LogP contribution < -0.4 is 5.32 Å². The van der Waals surface area contributed by atoms with Gasteiger partial charge in [-0.1, -0.05) is 6.92 Å². The van der Waals surface area contributed by atoms with Crippen molar-refractivity contribution in [2.24, 2.45) is 5.92 Å². The molecule has 0 aromatic carbocycles. The number of hydrogen-bond donors (Lipinski definition) is 1. The summed E-state index contributed by atoms with van der Waals surface area (Å²) < 4.78 is 8.66. The number of ether oxygens (including phenoxy) is 1. The number of rotatable bonds is 7. The molecule has 1 atom stereocenters. The van der Waals surface area contributed by atoms with E-state index >= 15 is 0 Å². The molecule has 0 bridgehead atoms. The normalized spacial score (nSPS) is 19.2. The van der Waals surface area contributed by atoms with Crippen molar-refractivity contribution in [2.45, 2.75) is 46.2 Å². The van der Waals surface area contributed by atoms with Gasteiger partial charge in [0.05, 0.1) is 15.9 Å². The molecule has 0 radical (unpaired) electrons. The fourth-order valence-electron chi connectivity index (χ4n) is 2.51. The average Bonchev–Trinajstić information content (AvgIpc) is 3.03. The van der Waals surface area contributed by atoms with Crippen molar-refractivity contribution in [3.8, 4) is 0 Å². The highest BCUT2D eigenvalue weighted by Gasteiger charge is 2.16. The van der Waals surface area contributed by atoms with Crippen LogP contribution in [0.3, 0.4) is 0 Å².